The molecule has 1 N–H and O–H groups in total. The number of esters is 1. The minimum Gasteiger partial charge on any atom is -0.468 e. The van der Waals surface area contributed by atoms with Crippen molar-refractivity contribution < 1.29 is 23.0 Å². The van der Waals surface area contributed by atoms with Crippen molar-refractivity contribution in [2.75, 3.05) is 20.3 Å². The molecule has 6 heteroatoms. The molecule has 1 aliphatic heterocycles. The average molecular weight is 299 g/mol. The van der Waals surface area contributed by atoms with Gasteiger partial charge in [0.15, 0.2) is 0 Å². The summed E-state index contributed by atoms with van der Waals surface area (Å²) in [6, 6.07) is 5.01. The Kier molecular flexibility index (Phi) is 5.64. The summed E-state index contributed by atoms with van der Waals surface area (Å²) in [5.41, 5.74) is 0.533. The molecule has 0 amide bonds. The highest BCUT2D eigenvalue weighted by atomic mass is 19.3. The van der Waals surface area contributed by atoms with Gasteiger partial charge in [0.05, 0.1) is 13.2 Å². The monoisotopic (exact) mass is 299 g/mol. The lowest BCUT2D eigenvalue weighted by Gasteiger charge is -2.19. The van der Waals surface area contributed by atoms with E-state index in [0.29, 0.717) is 12.1 Å². The third kappa shape index (κ3) is 4.22. The summed E-state index contributed by atoms with van der Waals surface area (Å²) in [5.74, 6) is -0.446. The molecular formula is C15H19F2NO3. The fourth-order valence-electron chi connectivity index (χ4n) is 2.34. The zero-order valence-electron chi connectivity index (χ0n) is 11.9. The molecule has 0 bridgehead atoms. The van der Waals surface area contributed by atoms with E-state index in [1.54, 1.807) is 0 Å². The van der Waals surface area contributed by atoms with Gasteiger partial charge in [-0.2, -0.15) is 0 Å². The number of rotatable bonds is 6. The molecular weight excluding hydrogens is 280 g/mol. The molecule has 1 saturated heterocycles. The maximum absolute atomic E-state index is 12.6. The van der Waals surface area contributed by atoms with Gasteiger partial charge in [0.25, 0.3) is 6.43 Å². The number of hydrogen-bond acceptors (Lipinski definition) is 4. The summed E-state index contributed by atoms with van der Waals surface area (Å²) in [6.07, 6.45) is -0.475. The highest BCUT2D eigenvalue weighted by Crippen LogP contribution is 2.22. The third-order valence-electron chi connectivity index (χ3n) is 3.53. The highest BCUT2D eigenvalue weighted by Gasteiger charge is 2.24. The number of alkyl halides is 2. The number of hydrogen-bond donors (Lipinski definition) is 1. The minimum atomic E-state index is -2.52. The van der Waals surface area contributed by atoms with Crippen molar-refractivity contribution in [3.05, 3.63) is 35.4 Å². The van der Waals surface area contributed by atoms with Gasteiger partial charge in [-0.15, -0.1) is 0 Å². The first-order valence-electron chi connectivity index (χ1n) is 6.92. The first-order valence-corrected chi connectivity index (χ1v) is 6.92. The molecule has 21 heavy (non-hydrogen) atoms. The van der Waals surface area contributed by atoms with E-state index >= 15 is 0 Å². The number of nitrogens with one attached hydrogen (secondary N) is 1. The van der Waals surface area contributed by atoms with Gasteiger partial charge in [-0.3, -0.25) is 5.32 Å². The van der Waals surface area contributed by atoms with Gasteiger partial charge in [0.2, 0.25) is 0 Å². The molecule has 2 unspecified atom stereocenters. The molecule has 1 aliphatic rings. The summed E-state index contributed by atoms with van der Waals surface area (Å²) in [6.45, 7) is 1.26. The number of methoxy groups -OCH3 is 1. The number of carbonyl (C=O) groups is 1. The molecule has 0 radical (unpaired) electrons. The molecule has 1 fully saturated rings. The van der Waals surface area contributed by atoms with Crippen LogP contribution >= 0.6 is 0 Å². The first kappa shape index (κ1) is 15.9. The predicted molar refractivity (Wildman–Crippen MR) is 73.1 cm³/mol. The SMILES string of the molecule is COC(=O)C(NCC1CCCO1)c1ccc(C(F)F)cc1. The number of carbonyl (C=O) groups excluding carboxylic acids is 1. The molecule has 1 aromatic carbocycles. The molecule has 2 atom stereocenters. The van der Waals surface area contributed by atoms with Gasteiger partial charge in [-0.05, 0) is 18.4 Å². The lowest BCUT2D eigenvalue weighted by atomic mass is 10.0. The van der Waals surface area contributed by atoms with Crippen LogP contribution in [-0.2, 0) is 14.3 Å². The van der Waals surface area contributed by atoms with E-state index in [2.05, 4.69) is 5.32 Å². The van der Waals surface area contributed by atoms with Crippen LogP contribution in [0.2, 0.25) is 0 Å². The van der Waals surface area contributed by atoms with Crippen molar-refractivity contribution in [3.8, 4) is 0 Å². The van der Waals surface area contributed by atoms with Crippen LogP contribution in [0.3, 0.4) is 0 Å². The third-order valence-corrected chi connectivity index (χ3v) is 3.53. The van der Waals surface area contributed by atoms with Crippen LogP contribution in [0, 0.1) is 0 Å². The fraction of sp³-hybridized carbons (Fsp3) is 0.533. The highest BCUT2D eigenvalue weighted by molar-refractivity contribution is 5.77. The second-order valence-corrected chi connectivity index (χ2v) is 4.97. The van der Waals surface area contributed by atoms with E-state index < -0.39 is 18.4 Å². The van der Waals surface area contributed by atoms with E-state index in [1.165, 1.54) is 31.4 Å². The number of ether oxygens (including phenoxy) is 2. The molecule has 0 spiro atoms. The van der Waals surface area contributed by atoms with E-state index in [-0.39, 0.29) is 11.7 Å². The normalized spacial score (nSPS) is 19.7. The smallest absolute Gasteiger partial charge is 0.327 e. The molecule has 0 aromatic heterocycles. The van der Waals surface area contributed by atoms with E-state index in [9.17, 15) is 13.6 Å². The Morgan fingerprint density at radius 3 is 2.57 bits per heavy atom. The molecule has 116 valence electrons. The van der Waals surface area contributed by atoms with Crippen LogP contribution in [-0.4, -0.2) is 32.3 Å². The Balaban J connectivity index is 2.05. The maximum Gasteiger partial charge on any atom is 0.327 e. The van der Waals surface area contributed by atoms with Crippen molar-refractivity contribution in [1.29, 1.82) is 0 Å². The van der Waals surface area contributed by atoms with Gasteiger partial charge in [0.1, 0.15) is 6.04 Å². The first-order chi connectivity index (χ1) is 10.1. The quantitative estimate of drug-likeness (QED) is 0.820. The van der Waals surface area contributed by atoms with Crippen LogP contribution in [0.1, 0.15) is 36.4 Å². The molecule has 0 saturated carbocycles. The lowest BCUT2D eigenvalue weighted by Crippen LogP contribution is -2.35. The second kappa shape index (κ2) is 7.47. The Bertz CT molecular complexity index is 458. The van der Waals surface area contributed by atoms with E-state index in [1.807, 2.05) is 0 Å². The van der Waals surface area contributed by atoms with Crippen molar-refractivity contribution in [3.63, 3.8) is 0 Å². The number of halogens is 2. The summed E-state index contributed by atoms with van der Waals surface area (Å²) in [7, 11) is 1.30. The van der Waals surface area contributed by atoms with E-state index in [4.69, 9.17) is 9.47 Å². The summed E-state index contributed by atoms with van der Waals surface area (Å²) < 4.78 is 35.4. The summed E-state index contributed by atoms with van der Waals surface area (Å²) in [5, 5.41) is 3.09. The van der Waals surface area contributed by atoms with Gasteiger partial charge >= 0.3 is 5.97 Å². The van der Waals surface area contributed by atoms with Crippen molar-refractivity contribution >= 4 is 5.97 Å². The Labute approximate surface area is 122 Å². The van der Waals surface area contributed by atoms with Crippen LogP contribution in [0.25, 0.3) is 0 Å². The maximum atomic E-state index is 12.6. The summed E-state index contributed by atoms with van der Waals surface area (Å²) >= 11 is 0. The molecule has 0 aliphatic carbocycles. The van der Waals surface area contributed by atoms with Gasteiger partial charge in [-0.1, -0.05) is 24.3 Å². The van der Waals surface area contributed by atoms with E-state index in [0.717, 1.165) is 19.4 Å². The molecule has 1 heterocycles. The van der Waals surface area contributed by atoms with Crippen LogP contribution in [0.5, 0.6) is 0 Å². The predicted octanol–water partition coefficient (Wildman–Crippen LogP) is 2.61. The Morgan fingerprint density at radius 1 is 1.38 bits per heavy atom. The topological polar surface area (TPSA) is 47.6 Å². The van der Waals surface area contributed by atoms with Crippen molar-refractivity contribution in [2.24, 2.45) is 0 Å². The Hall–Kier alpha value is -1.53. The van der Waals surface area contributed by atoms with Gasteiger partial charge < -0.3 is 9.47 Å². The van der Waals surface area contributed by atoms with Gasteiger partial charge in [-0.25, -0.2) is 13.6 Å². The molecule has 1 aromatic rings. The van der Waals surface area contributed by atoms with Crippen molar-refractivity contribution in [2.45, 2.75) is 31.4 Å². The van der Waals surface area contributed by atoms with Crippen LogP contribution in [0.15, 0.2) is 24.3 Å². The summed E-state index contributed by atoms with van der Waals surface area (Å²) in [4.78, 5) is 11.9. The lowest BCUT2D eigenvalue weighted by molar-refractivity contribution is -0.143. The number of benzene rings is 1. The molecule has 2 rings (SSSR count). The zero-order valence-corrected chi connectivity index (χ0v) is 11.9. The van der Waals surface area contributed by atoms with Gasteiger partial charge in [0, 0.05) is 18.7 Å². The minimum absolute atomic E-state index is 0.0681. The second-order valence-electron chi connectivity index (χ2n) is 4.97. The largest absolute Gasteiger partial charge is 0.468 e. The average Bonchev–Trinajstić information content (AvgIpc) is 3.01. The fourth-order valence-corrected chi connectivity index (χ4v) is 2.34. The van der Waals surface area contributed by atoms with Crippen LogP contribution < -0.4 is 5.32 Å². The van der Waals surface area contributed by atoms with Crippen molar-refractivity contribution in [1.82, 2.24) is 5.32 Å². The zero-order chi connectivity index (χ0) is 15.2. The Morgan fingerprint density at radius 2 is 2.05 bits per heavy atom. The van der Waals surface area contributed by atoms with Crippen LogP contribution in [0.4, 0.5) is 8.78 Å². The molecule has 4 nitrogen and oxygen atoms in total. The standard InChI is InChI=1S/C15H19F2NO3/c1-20-15(19)13(18-9-12-3-2-8-21-12)10-4-6-11(7-5-10)14(16)17/h4-7,12-14,18H,2-3,8-9H2,1H3.